The van der Waals surface area contributed by atoms with Crippen molar-refractivity contribution >= 4 is 35.1 Å². The SMILES string of the molecule is CCCN(CCC)C(=O)c1ccc(CSc2nc(Cl)cc(N(CC)CC)n2)cc1. The first-order chi connectivity index (χ1) is 14.0. The molecule has 0 spiro atoms. The fraction of sp³-hybridized carbons (Fsp3) is 0.500. The van der Waals surface area contributed by atoms with E-state index >= 15 is 0 Å². The summed E-state index contributed by atoms with van der Waals surface area (Å²) >= 11 is 7.74. The van der Waals surface area contributed by atoms with Crippen molar-refractivity contribution in [3.05, 3.63) is 46.6 Å². The van der Waals surface area contributed by atoms with Gasteiger partial charge in [0.2, 0.25) is 0 Å². The van der Waals surface area contributed by atoms with Crippen molar-refractivity contribution in [3.63, 3.8) is 0 Å². The van der Waals surface area contributed by atoms with Crippen molar-refractivity contribution < 1.29 is 4.79 Å². The summed E-state index contributed by atoms with van der Waals surface area (Å²) in [6, 6.07) is 9.64. The molecule has 0 N–H and O–H groups in total. The van der Waals surface area contributed by atoms with Crippen LogP contribution in [0.1, 0.15) is 56.5 Å². The normalized spacial score (nSPS) is 10.8. The molecule has 0 saturated carbocycles. The van der Waals surface area contributed by atoms with Gasteiger partial charge in [-0.2, -0.15) is 0 Å². The molecule has 5 nitrogen and oxygen atoms in total. The molecule has 0 aliphatic carbocycles. The molecule has 0 aliphatic rings. The van der Waals surface area contributed by atoms with Gasteiger partial charge in [-0.15, -0.1) is 0 Å². The van der Waals surface area contributed by atoms with Crippen molar-refractivity contribution in [3.8, 4) is 0 Å². The second kappa shape index (κ2) is 12.0. The number of amides is 1. The Balaban J connectivity index is 2.04. The van der Waals surface area contributed by atoms with E-state index in [0.717, 1.165) is 61.7 Å². The van der Waals surface area contributed by atoms with E-state index in [4.69, 9.17) is 11.6 Å². The molecule has 0 aliphatic heterocycles. The predicted octanol–water partition coefficient (Wildman–Crippen LogP) is 5.53. The molecule has 0 unspecified atom stereocenters. The van der Waals surface area contributed by atoms with Gasteiger partial charge in [0.15, 0.2) is 5.16 Å². The second-order valence-electron chi connectivity index (χ2n) is 6.78. The first kappa shape index (κ1) is 23.5. The second-order valence-corrected chi connectivity index (χ2v) is 8.11. The minimum atomic E-state index is 0.106. The highest BCUT2D eigenvalue weighted by atomic mass is 35.5. The van der Waals surface area contributed by atoms with Crippen molar-refractivity contribution in [1.82, 2.24) is 14.9 Å². The third-order valence-electron chi connectivity index (χ3n) is 4.59. The number of hydrogen-bond acceptors (Lipinski definition) is 5. The van der Waals surface area contributed by atoms with Crippen LogP contribution in [0.3, 0.4) is 0 Å². The highest BCUT2D eigenvalue weighted by molar-refractivity contribution is 7.98. The van der Waals surface area contributed by atoms with Crippen LogP contribution in [0.5, 0.6) is 0 Å². The maximum Gasteiger partial charge on any atom is 0.253 e. The number of anilines is 1. The van der Waals surface area contributed by atoms with Gasteiger partial charge in [0.05, 0.1) is 0 Å². The first-order valence-electron chi connectivity index (χ1n) is 10.3. The highest BCUT2D eigenvalue weighted by Gasteiger charge is 2.14. The highest BCUT2D eigenvalue weighted by Crippen LogP contribution is 2.25. The number of aromatic nitrogens is 2. The summed E-state index contributed by atoms with van der Waals surface area (Å²) in [5, 5.41) is 1.12. The number of carbonyl (C=O) groups is 1. The first-order valence-corrected chi connectivity index (χ1v) is 11.7. The molecule has 2 rings (SSSR count). The third-order valence-corrected chi connectivity index (χ3v) is 5.70. The van der Waals surface area contributed by atoms with E-state index in [0.29, 0.717) is 10.3 Å². The van der Waals surface area contributed by atoms with Gasteiger partial charge in [-0.3, -0.25) is 4.79 Å². The van der Waals surface area contributed by atoms with Crippen molar-refractivity contribution in [1.29, 1.82) is 0 Å². The maximum absolute atomic E-state index is 12.7. The number of thioether (sulfide) groups is 1. The molecular weight excluding hydrogens is 404 g/mol. The summed E-state index contributed by atoms with van der Waals surface area (Å²) in [5.41, 5.74) is 1.86. The summed E-state index contributed by atoms with van der Waals surface area (Å²) in [4.78, 5) is 25.7. The lowest BCUT2D eigenvalue weighted by molar-refractivity contribution is 0.0755. The van der Waals surface area contributed by atoms with E-state index in [-0.39, 0.29) is 5.91 Å². The molecule has 1 aromatic carbocycles. The van der Waals surface area contributed by atoms with Gasteiger partial charge in [0.25, 0.3) is 5.91 Å². The number of hydrogen-bond donors (Lipinski definition) is 0. The molecule has 1 heterocycles. The molecule has 0 radical (unpaired) electrons. The quantitative estimate of drug-likeness (QED) is 0.264. The topological polar surface area (TPSA) is 49.3 Å². The number of halogens is 1. The van der Waals surface area contributed by atoms with E-state index in [1.807, 2.05) is 29.2 Å². The van der Waals surface area contributed by atoms with Gasteiger partial charge >= 0.3 is 0 Å². The summed E-state index contributed by atoms with van der Waals surface area (Å²) in [6.45, 7) is 11.7. The molecule has 2 aromatic rings. The van der Waals surface area contributed by atoms with Crippen LogP contribution in [0.2, 0.25) is 5.15 Å². The van der Waals surface area contributed by atoms with E-state index in [9.17, 15) is 4.79 Å². The van der Waals surface area contributed by atoms with Gasteiger partial charge in [-0.05, 0) is 44.4 Å². The standard InChI is InChI=1S/C22H31ClN4OS/c1-5-13-27(14-6-2)21(28)18-11-9-17(10-12-18)16-29-22-24-19(23)15-20(25-22)26(7-3)8-4/h9-12,15H,5-8,13-14,16H2,1-4H3. The van der Waals surface area contributed by atoms with E-state index in [1.165, 1.54) is 0 Å². The lowest BCUT2D eigenvalue weighted by Crippen LogP contribution is -2.32. The fourth-order valence-electron chi connectivity index (χ4n) is 3.09. The molecule has 158 valence electrons. The Bertz CT molecular complexity index is 775. The van der Waals surface area contributed by atoms with Gasteiger partial charge < -0.3 is 9.80 Å². The lowest BCUT2D eigenvalue weighted by atomic mass is 10.1. The van der Waals surface area contributed by atoms with Crippen molar-refractivity contribution in [2.45, 2.75) is 51.4 Å². The Hall–Kier alpha value is -1.79. The molecule has 0 saturated heterocycles. The molecule has 0 fully saturated rings. The average molecular weight is 435 g/mol. The molecule has 29 heavy (non-hydrogen) atoms. The van der Waals surface area contributed by atoms with Crippen LogP contribution in [-0.2, 0) is 5.75 Å². The largest absolute Gasteiger partial charge is 0.357 e. The zero-order valence-electron chi connectivity index (χ0n) is 17.8. The minimum Gasteiger partial charge on any atom is -0.357 e. The Morgan fingerprint density at radius 1 is 1.00 bits per heavy atom. The van der Waals surface area contributed by atoms with Crippen LogP contribution in [-0.4, -0.2) is 47.0 Å². The summed E-state index contributed by atoms with van der Waals surface area (Å²) in [6.07, 6.45) is 1.94. The number of carbonyl (C=O) groups excluding carboxylic acids is 1. The van der Waals surface area contributed by atoms with Crippen LogP contribution in [0.25, 0.3) is 0 Å². The minimum absolute atomic E-state index is 0.106. The Morgan fingerprint density at radius 2 is 1.62 bits per heavy atom. The van der Waals surface area contributed by atoms with Gasteiger partial charge in [-0.25, -0.2) is 9.97 Å². The van der Waals surface area contributed by atoms with Gasteiger partial charge in [0, 0.05) is 43.6 Å². The molecule has 0 atom stereocenters. The molecule has 1 aromatic heterocycles. The van der Waals surface area contributed by atoms with Crippen molar-refractivity contribution in [2.24, 2.45) is 0 Å². The summed E-state index contributed by atoms with van der Waals surface area (Å²) in [7, 11) is 0. The Morgan fingerprint density at radius 3 is 2.17 bits per heavy atom. The average Bonchev–Trinajstić information content (AvgIpc) is 2.72. The van der Waals surface area contributed by atoms with Crippen LogP contribution >= 0.6 is 23.4 Å². The molecule has 7 heteroatoms. The monoisotopic (exact) mass is 434 g/mol. The molecule has 1 amide bonds. The predicted molar refractivity (Wildman–Crippen MR) is 123 cm³/mol. The van der Waals surface area contributed by atoms with Gasteiger partial charge in [0.1, 0.15) is 11.0 Å². The number of benzene rings is 1. The van der Waals surface area contributed by atoms with Gasteiger partial charge in [-0.1, -0.05) is 49.3 Å². The molecular formula is C22H31ClN4OS. The number of rotatable bonds is 11. The third kappa shape index (κ3) is 6.89. The Labute approximate surface area is 183 Å². The van der Waals surface area contributed by atoms with Crippen molar-refractivity contribution in [2.75, 3.05) is 31.1 Å². The van der Waals surface area contributed by atoms with Crippen LogP contribution < -0.4 is 4.90 Å². The van der Waals surface area contributed by atoms with Crippen LogP contribution in [0, 0.1) is 0 Å². The van der Waals surface area contributed by atoms with E-state index < -0.39 is 0 Å². The summed E-state index contributed by atoms with van der Waals surface area (Å²) in [5.74, 6) is 1.68. The maximum atomic E-state index is 12.7. The summed E-state index contributed by atoms with van der Waals surface area (Å²) < 4.78 is 0. The van der Waals surface area contributed by atoms with Crippen LogP contribution in [0.4, 0.5) is 5.82 Å². The number of nitrogens with zero attached hydrogens (tertiary/aromatic N) is 4. The molecule has 0 bridgehead atoms. The smallest absolute Gasteiger partial charge is 0.253 e. The van der Waals surface area contributed by atoms with E-state index in [2.05, 4.69) is 42.6 Å². The zero-order valence-corrected chi connectivity index (χ0v) is 19.4. The van der Waals surface area contributed by atoms with Crippen LogP contribution in [0.15, 0.2) is 35.5 Å². The Kier molecular flexibility index (Phi) is 9.74. The zero-order chi connectivity index (χ0) is 21.2. The van der Waals surface area contributed by atoms with E-state index in [1.54, 1.807) is 17.8 Å². The fourth-order valence-corrected chi connectivity index (χ4v) is 4.13. The lowest BCUT2D eigenvalue weighted by Gasteiger charge is -2.21.